The van der Waals surface area contributed by atoms with Crippen molar-refractivity contribution < 1.29 is 16.5 Å². The Morgan fingerprint density at radius 2 is 1.07 bits per heavy atom. The second-order valence-corrected chi connectivity index (χ2v) is 1.92. The summed E-state index contributed by atoms with van der Waals surface area (Å²) >= 11 is 0. The van der Waals surface area contributed by atoms with Crippen molar-refractivity contribution >= 4 is 24.8 Å². The molecule has 5 heteroatoms. The van der Waals surface area contributed by atoms with Gasteiger partial charge in [0.2, 0.25) is 0 Å². The Bertz CT molecular complexity index is 197. The van der Waals surface area contributed by atoms with Crippen LogP contribution in [-0.4, -0.2) is 9.97 Å². The SMILES string of the molecule is Cl.Cl.[Ni+2].[c-]1ccccn1.[c-]1ccccn1. The van der Waals surface area contributed by atoms with Gasteiger partial charge in [-0.05, 0) is 0 Å². The summed E-state index contributed by atoms with van der Waals surface area (Å²) in [6, 6.07) is 11.0. The number of halogens is 2. The van der Waals surface area contributed by atoms with E-state index >= 15 is 0 Å². The average Bonchev–Trinajstić information content (AvgIpc) is 2.24. The number of hydrogen-bond donors (Lipinski definition) is 0. The number of hydrogen-bond acceptors (Lipinski definition) is 2. The zero-order chi connectivity index (χ0) is 8.49. The standard InChI is InChI=1S/2C5H4N.2ClH.Ni/c2*1-2-4-6-5-3-1;;;/h2*1-4H;2*1H;/q2*-1;;;+2. The molecule has 0 unspecified atom stereocenters. The molecule has 2 aromatic rings. The maximum absolute atomic E-state index is 3.66. The van der Waals surface area contributed by atoms with E-state index in [0.717, 1.165) is 0 Å². The molecule has 0 spiro atoms. The molecule has 0 fully saturated rings. The minimum atomic E-state index is 0. The van der Waals surface area contributed by atoms with Gasteiger partial charge in [-0.3, -0.25) is 0 Å². The van der Waals surface area contributed by atoms with Crippen LogP contribution in [0.5, 0.6) is 0 Å². The summed E-state index contributed by atoms with van der Waals surface area (Å²) in [6.07, 6.45) is 8.67. The van der Waals surface area contributed by atoms with Crippen LogP contribution in [0.3, 0.4) is 0 Å². The maximum atomic E-state index is 3.66. The molecule has 0 aliphatic carbocycles. The van der Waals surface area contributed by atoms with Gasteiger partial charge in [0.1, 0.15) is 0 Å². The van der Waals surface area contributed by atoms with Crippen LogP contribution < -0.4 is 0 Å². The Kier molecular flexibility index (Phi) is 21.0. The molecule has 0 atom stereocenters. The van der Waals surface area contributed by atoms with Gasteiger partial charge >= 0.3 is 16.5 Å². The molecule has 2 rings (SSSR count). The molecule has 2 nitrogen and oxygen atoms in total. The largest absolute Gasteiger partial charge is 2.00 e. The van der Waals surface area contributed by atoms with Gasteiger partial charge in [0.05, 0.1) is 0 Å². The second-order valence-electron chi connectivity index (χ2n) is 1.92. The summed E-state index contributed by atoms with van der Waals surface area (Å²) in [6.45, 7) is 0. The van der Waals surface area contributed by atoms with Gasteiger partial charge in [-0.2, -0.15) is 36.4 Å². The van der Waals surface area contributed by atoms with Crippen molar-refractivity contribution in [2.45, 2.75) is 0 Å². The quantitative estimate of drug-likeness (QED) is 0.550. The van der Waals surface area contributed by atoms with Gasteiger partial charge in [0, 0.05) is 0 Å². The van der Waals surface area contributed by atoms with E-state index in [-0.39, 0.29) is 41.3 Å². The molecule has 15 heavy (non-hydrogen) atoms. The van der Waals surface area contributed by atoms with E-state index in [4.69, 9.17) is 0 Å². The number of nitrogens with zero attached hydrogens (tertiary/aromatic N) is 2. The third-order valence-electron chi connectivity index (χ3n) is 1.03. The average molecular weight is 288 g/mol. The van der Waals surface area contributed by atoms with Gasteiger partial charge in [0.25, 0.3) is 0 Å². The molecule has 0 amide bonds. The van der Waals surface area contributed by atoms with Crippen LogP contribution in [0.1, 0.15) is 0 Å². The Balaban J connectivity index is -0.000000160. The number of aromatic nitrogens is 2. The molecule has 0 aliphatic rings. The van der Waals surface area contributed by atoms with E-state index in [9.17, 15) is 0 Å². The van der Waals surface area contributed by atoms with Crippen LogP contribution in [0.25, 0.3) is 0 Å². The molecule has 0 aliphatic heterocycles. The predicted octanol–water partition coefficient (Wildman–Crippen LogP) is 2.60. The van der Waals surface area contributed by atoms with E-state index < -0.39 is 0 Å². The Morgan fingerprint density at radius 1 is 0.667 bits per heavy atom. The van der Waals surface area contributed by atoms with E-state index in [0.29, 0.717) is 0 Å². The molecule has 0 radical (unpaired) electrons. The summed E-state index contributed by atoms with van der Waals surface area (Å²) < 4.78 is 0. The van der Waals surface area contributed by atoms with Crippen molar-refractivity contribution in [3.05, 3.63) is 61.2 Å². The van der Waals surface area contributed by atoms with Crippen molar-refractivity contribution in [1.82, 2.24) is 9.97 Å². The third-order valence-corrected chi connectivity index (χ3v) is 1.03. The predicted molar refractivity (Wildman–Crippen MR) is 60.6 cm³/mol. The zero-order valence-corrected chi connectivity index (χ0v) is 10.3. The zero-order valence-electron chi connectivity index (χ0n) is 7.65. The smallest absolute Gasteiger partial charge is 0.394 e. The van der Waals surface area contributed by atoms with E-state index in [2.05, 4.69) is 22.4 Å². The van der Waals surface area contributed by atoms with E-state index in [1.54, 1.807) is 24.5 Å². The van der Waals surface area contributed by atoms with Crippen molar-refractivity contribution in [3.8, 4) is 0 Å². The summed E-state index contributed by atoms with van der Waals surface area (Å²) in [7, 11) is 0. The van der Waals surface area contributed by atoms with Crippen molar-refractivity contribution in [2.75, 3.05) is 0 Å². The van der Waals surface area contributed by atoms with Crippen LogP contribution in [0.4, 0.5) is 0 Å². The Hall–Kier alpha value is -0.626. The van der Waals surface area contributed by atoms with Gasteiger partial charge in [-0.15, -0.1) is 24.8 Å². The maximum Gasteiger partial charge on any atom is 2.00 e. The minimum absolute atomic E-state index is 0. The summed E-state index contributed by atoms with van der Waals surface area (Å²) in [5.74, 6) is 0. The topological polar surface area (TPSA) is 25.8 Å². The first-order valence-electron chi connectivity index (χ1n) is 3.54. The van der Waals surface area contributed by atoms with Gasteiger partial charge < -0.3 is 9.97 Å². The molecular formula is C10H10Cl2N2Ni. The molecule has 84 valence electrons. The molecule has 0 aromatic carbocycles. The fraction of sp³-hybridized carbons (Fsp3) is 0. The number of pyridine rings is 2. The van der Waals surface area contributed by atoms with Crippen molar-refractivity contribution in [2.24, 2.45) is 0 Å². The summed E-state index contributed by atoms with van der Waals surface area (Å²) in [4.78, 5) is 7.32. The Morgan fingerprint density at radius 3 is 1.13 bits per heavy atom. The Labute approximate surface area is 112 Å². The van der Waals surface area contributed by atoms with Gasteiger partial charge in [-0.1, -0.05) is 24.8 Å². The molecule has 0 saturated carbocycles. The third kappa shape index (κ3) is 13.4. The van der Waals surface area contributed by atoms with E-state index in [1.807, 2.05) is 24.3 Å². The second kappa shape index (κ2) is 15.8. The normalized spacial score (nSPS) is 6.40. The molecular weight excluding hydrogens is 278 g/mol. The van der Waals surface area contributed by atoms with Crippen LogP contribution in [0.15, 0.2) is 48.8 Å². The molecule has 2 aromatic heterocycles. The fourth-order valence-corrected chi connectivity index (χ4v) is 0.555. The monoisotopic (exact) mass is 286 g/mol. The molecule has 0 N–H and O–H groups in total. The first-order chi connectivity index (χ1) is 6.00. The van der Waals surface area contributed by atoms with Crippen LogP contribution in [-0.2, 0) is 16.5 Å². The van der Waals surface area contributed by atoms with Crippen molar-refractivity contribution in [3.63, 3.8) is 0 Å². The molecule has 0 bridgehead atoms. The van der Waals surface area contributed by atoms with Crippen LogP contribution in [0.2, 0.25) is 0 Å². The minimum Gasteiger partial charge on any atom is -0.394 e. The first-order valence-corrected chi connectivity index (χ1v) is 3.54. The summed E-state index contributed by atoms with van der Waals surface area (Å²) in [5, 5.41) is 0. The van der Waals surface area contributed by atoms with Crippen LogP contribution in [0, 0.1) is 12.4 Å². The van der Waals surface area contributed by atoms with Gasteiger partial charge in [-0.25, -0.2) is 0 Å². The first kappa shape index (κ1) is 19.9. The summed E-state index contributed by atoms with van der Waals surface area (Å²) in [5.41, 5.74) is 0. The van der Waals surface area contributed by atoms with E-state index in [1.165, 1.54) is 0 Å². The van der Waals surface area contributed by atoms with Crippen LogP contribution >= 0.6 is 24.8 Å². The van der Waals surface area contributed by atoms with Crippen molar-refractivity contribution in [1.29, 1.82) is 0 Å². The number of rotatable bonds is 0. The molecule has 0 saturated heterocycles. The molecule has 2 heterocycles. The fourth-order valence-electron chi connectivity index (χ4n) is 0.555. The van der Waals surface area contributed by atoms with Gasteiger partial charge in [0.15, 0.2) is 0 Å².